The third-order valence-electron chi connectivity index (χ3n) is 3.29. The first-order chi connectivity index (χ1) is 10.6. The first kappa shape index (κ1) is 15.8. The molecule has 1 heterocycles. The van der Waals surface area contributed by atoms with Crippen LogP contribution in [-0.2, 0) is 11.2 Å². The number of methoxy groups -OCH3 is 2. The lowest BCUT2D eigenvalue weighted by atomic mass is 10.1. The van der Waals surface area contributed by atoms with Crippen molar-refractivity contribution >= 4 is 11.7 Å². The van der Waals surface area contributed by atoms with Gasteiger partial charge in [0.15, 0.2) is 0 Å². The summed E-state index contributed by atoms with van der Waals surface area (Å²) in [7, 11) is 3.23. The second-order valence-electron chi connectivity index (χ2n) is 4.95. The minimum absolute atomic E-state index is 0.0822. The quantitative estimate of drug-likeness (QED) is 0.891. The number of aromatic nitrogens is 1. The summed E-state index contributed by atoms with van der Waals surface area (Å²) >= 11 is 0. The molecule has 1 aromatic heterocycles. The zero-order chi connectivity index (χ0) is 15.9. The number of hydrogen-bond acceptors (Lipinski definition) is 4. The molecule has 0 bridgehead atoms. The van der Waals surface area contributed by atoms with Gasteiger partial charge < -0.3 is 14.8 Å². The number of carbonyl (C=O) groups is 1. The van der Waals surface area contributed by atoms with Crippen molar-refractivity contribution < 1.29 is 14.3 Å². The van der Waals surface area contributed by atoms with Gasteiger partial charge in [-0.15, -0.1) is 0 Å². The standard InChI is InChI=1S/C17H20N2O3/c1-12-4-8-16(18-11-12)19-17(20)9-5-13-10-14(21-2)6-7-15(13)22-3/h4,6-8,10-11H,5,9H2,1-3H3,(H,18,19,20). The third kappa shape index (κ3) is 4.22. The van der Waals surface area contributed by atoms with Crippen molar-refractivity contribution in [1.29, 1.82) is 0 Å². The molecule has 0 aliphatic heterocycles. The fourth-order valence-electron chi connectivity index (χ4n) is 2.07. The van der Waals surface area contributed by atoms with Crippen molar-refractivity contribution in [2.24, 2.45) is 0 Å². The number of ether oxygens (including phenoxy) is 2. The van der Waals surface area contributed by atoms with E-state index < -0.39 is 0 Å². The van der Waals surface area contributed by atoms with Crippen LogP contribution < -0.4 is 14.8 Å². The van der Waals surface area contributed by atoms with E-state index in [0.717, 1.165) is 22.6 Å². The molecule has 5 heteroatoms. The van der Waals surface area contributed by atoms with E-state index in [2.05, 4.69) is 10.3 Å². The smallest absolute Gasteiger partial charge is 0.225 e. The van der Waals surface area contributed by atoms with Crippen molar-refractivity contribution in [3.63, 3.8) is 0 Å². The zero-order valence-electron chi connectivity index (χ0n) is 13.1. The van der Waals surface area contributed by atoms with Crippen LogP contribution in [-0.4, -0.2) is 25.1 Å². The Balaban J connectivity index is 1.97. The predicted octanol–water partition coefficient (Wildman–Crippen LogP) is 2.98. The van der Waals surface area contributed by atoms with Crippen LogP contribution in [0.5, 0.6) is 11.5 Å². The maximum atomic E-state index is 12.0. The van der Waals surface area contributed by atoms with Crippen LogP contribution in [0.15, 0.2) is 36.5 Å². The van der Waals surface area contributed by atoms with E-state index in [9.17, 15) is 4.79 Å². The summed E-state index contributed by atoms with van der Waals surface area (Å²) in [6, 6.07) is 9.26. The molecule has 0 spiro atoms. The van der Waals surface area contributed by atoms with Gasteiger partial charge in [-0.05, 0) is 48.7 Å². The molecule has 0 atom stereocenters. The Bertz CT molecular complexity index is 639. The van der Waals surface area contributed by atoms with Crippen molar-refractivity contribution in [1.82, 2.24) is 4.98 Å². The molecule has 1 amide bonds. The molecule has 0 saturated heterocycles. The summed E-state index contributed by atoms with van der Waals surface area (Å²) in [5, 5.41) is 2.78. The first-order valence-electron chi connectivity index (χ1n) is 7.06. The molecule has 0 aliphatic carbocycles. The van der Waals surface area contributed by atoms with Crippen LogP contribution in [0, 0.1) is 6.92 Å². The molecule has 116 valence electrons. The van der Waals surface area contributed by atoms with Gasteiger partial charge in [0.05, 0.1) is 14.2 Å². The lowest BCUT2D eigenvalue weighted by Gasteiger charge is -2.10. The van der Waals surface area contributed by atoms with Crippen LogP contribution in [0.3, 0.4) is 0 Å². The molecule has 1 aromatic carbocycles. The summed E-state index contributed by atoms with van der Waals surface area (Å²) in [4.78, 5) is 16.2. The normalized spacial score (nSPS) is 10.1. The van der Waals surface area contributed by atoms with Crippen LogP contribution in [0.25, 0.3) is 0 Å². The Morgan fingerprint density at radius 1 is 1.18 bits per heavy atom. The highest BCUT2D eigenvalue weighted by atomic mass is 16.5. The number of carbonyl (C=O) groups excluding carboxylic acids is 1. The number of nitrogens with one attached hydrogen (secondary N) is 1. The number of hydrogen-bond donors (Lipinski definition) is 1. The van der Waals surface area contributed by atoms with Crippen LogP contribution in [0.2, 0.25) is 0 Å². The molecule has 0 aliphatic rings. The summed E-state index contributed by atoms with van der Waals surface area (Å²) in [5.74, 6) is 1.98. The molecule has 0 fully saturated rings. The highest BCUT2D eigenvalue weighted by Crippen LogP contribution is 2.25. The molecule has 2 aromatic rings. The van der Waals surface area contributed by atoms with Crippen LogP contribution >= 0.6 is 0 Å². The van der Waals surface area contributed by atoms with Gasteiger partial charge in [0, 0.05) is 12.6 Å². The zero-order valence-corrected chi connectivity index (χ0v) is 13.1. The number of benzene rings is 1. The van der Waals surface area contributed by atoms with Crippen molar-refractivity contribution in [2.45, 2.75) is 19.8 Å². The number of amides is 1. The van der Waals surface area contributed by atoms with Gasteiger partial charge in [0.2, 0.25) is 5.91 Å². The number of pyridine rings is 1. The topological polar surface area (TPSA) is 60.5 Å². The summed E-state index contributed by atoms with van der Waals surface area (Å²) in [6.45, 7) is 1.95. The SMILES string of the molecule is COc1ccc(OC)c(CCC(=O)Nc2ccc(C)cn2)c1. The van der Waals surface area contributed by atoms with E-state index in [4.69, 9.17) is 9.47 Å². The van der Waals surface area contributed by atoms with Gasteiger partial charge in [-0.3, -0.25) is 4.79 Å². The van der Waals surface area contributed by atoms with Gasteiger partial charge in [0.1, 0.15) is 17.3 Å². The average Bonchev–Trinajstić information content (AvgIpc) is 2.54. The van der Waals surface area contributed by atoms with E-state index in [1.807, 2.05) is 31.2 Å². The Morgan fingerprint density at radius 3 is 2.64 bits per heavy atom. The summed E-state index contributed by atoms with van der Waals surface area (Å²) in [6.07, 6.45) is 2.64. The molecular weight excluding hydrogens is 280 g/mol. The van der Waals surface area contributed by atoms with Gasteiger partial charge in [0.25, 0.3) is 0 Å². The monoisotopic (exact) mass is 300 g/mol. The molecule has 22 heavy (non-hydrogen) atoms. The van der Waals surface area contributed by atoms with Gasteiger partial charge in [-0.2, -0.15) is 0 Å². The Kier molecular flexibility index (Phi) is 5.36. The van der Waals surface area contributed by atoms with Crippen molar-refractivity contribution in [3.05, 3.63) is 47.7 Å². The minimum Gasteiger partial charge on any atom is -0.497 e. The lowest BCUT2D eigenvalue weighted by Crippen LogP contribution is -2.13. The number of aryl methyl sites for hydroxylation is 2. The van der Waals surface area contributed by atoms with Gasteiger partial charge in [-0.25, -0.2) is 4.98 Å². The maximum Gasteiger partial charge on any atom is 0.225 e. The van der Waals surface area contributed by atoms with E-state index in [-0.39, 0.29) is 5.91 Å². The molecule has 5 nitrogen and oxygen atoms in total. The number of rotatable bonds is 6. The van der Waals surface area contributed by atoms with Gasteiger partial charge in [-0.1, -0.05) is 6.07 Å². The van der Waals surface area contributed by atoms with Crippen molar-refractivity contribution in [3.8, 4) is 11.5 Å². The minimum atomic E-state index is -0.0822. The number of nitrogens with zero attached hydrogens (tertiary/aromatic N) is 1. The second kappa shape index (κ2) is 7.45. The molecule has 0 saturated carbocycles. The van der Waals surface area contributed by atoms with E-state index in [1.54, 1.807) is 26.5 Å². The average molecular weight is 300 g/mol. The summed E-state index contributed by atoms with van der Waals surface area (Å²) in [5.41, 5.74) is 1.99. The van der Waals surface area contributed by atoms with E-state index >= 15 is 0 Å². The van der Waals surface area contributed by atoms with Crippen LogP contribution in [0.1, 0.15) is 17.5 Å². The fraction of sp³-hybridized carbons (Fsp3) is 0.294. The Labute approximate surface area is 130 Å². The Morgan fingerprint density at radius 2 is 2.00 bits per heavy atom. The number of anilines is 1. The molecule has 1 N–H and O–H groups in total. The highest BCUT2D eigenvalue weighted by Gasteiger charge is 2.09. The fourth-order valence-corrected chi connectivity index (χ4v) is 2.07. The maximum absolute atomic E-state index is 12.0. The molecule has 2 rings (SSSR count). The second-order valence-corrected chi connectivity index (χ2v) is 4.95. The predicted molar refractivity (Wildman–Crippen MR) is 85.5 cm³/mol. The van der Waals surface area contributed by atoms with Crippen LogP contribution in [0.4, 0.5) is 5.82 Å². The van der Waals surface area contributed by atoms with E-state index in [1.165, 1.54) is 0 Å². The largest absolute Gasteiger partial charge is 0.497 e. The third-order valence-corrected chi connectivity index (χ3v) is 3.29. The van der Waals surface area contributed by atoms with Crippen molar-refractivity contribution in [2.75, 3.05) is 19.5 Å². The van der Waals surface area contributed by atoms with E-state index in [0.29, 0.717) is 18.7 Å². The Hall–Kier alpha value is -2.56. The molecular formula is C17H20N2O3. The first-order valence-corrected chi connectivity index (χ1v) is 7.06. The van der Waals surface area contributed by atoms with Gasteiger partial charge >= 0.3 is 0 Å². The lowest BCUT2D eigenvalue weighted by molar-refractivity contribution is -0.116. The highest BCUT2D eigenvalue weighted by molar-refractivity contribution is 5.89. The molecule has 0 radical (unpaired) electrons. The summed E-state index contributed by atoms with van der Waals surface area (Å²) < 4.78 is 10.5. The molecule has 0 unspecified atom stereocenters.